The number of likely N-dealkylation sites (tertiary alicyclic amines) is 1. The minimum atomic E-state index is -4.41. The van der Waals surface area contributed by atoms with Gasteiger partial charge in [-0.2, -0.15) is 13.2 Å². The van der Waals surface area contributed by atoms with E-state index in [-0.39, 0.29) is 37.1 Å². The molecule has 2 fully saturated rings. The fraction of sp³-hybridized carbons (Fsp3) is 0.621. The van der Waals surface area contributed by atoms with Crippen molar-refractivity contribution in [2.75, 3.05) is 13.1 Å². The second-order valence-corrected chi connectivity index (χ2v) is 11.7. The van der Waals surface area contributed by atoms with E-state index in [1.54, 1.807) is 18.2 Å². The van der Waals surface area contributed by atoms with Crippen LogP contribution in [0, 0.1) is 17.3 Å². The molecule has 1 unspecified atom stereocenters. The van der Waals surface area contributed by atoms with Crippen LogP contribution in [0.3, 0.4) is 0 Å². The molecule has 1 saturated carbocycles. The Labute approximate surface area is 211 Å². The van der Waals surface area contributed by atoms with Crippen LogP contribution >= 0.6 is 0 Å². The lowest BCUT2D eigenvalue weighted by Crippen LogP contribution is -2.43. The molecule has 0 aromatic heterocycles. The lowest BCUT2D eigenvalue weighted by molar-refractivity contribution is -0.190. The van der Waals surface area contributed by atoms with Gasteiger partial charge >= 0.3 is 12.1 Å². The van der Waals surface area contributed by atoms with Crippen molar-refractivity contribution in [2.24, 2.45) is 17.3 Å². The number of aliphatic carboxylic acids is 1. The van der Waals surface area contributed by atoms with E-state index in [2.05, 4.69) is 20.8 Å². The second kappa shape index (κ2) is 10.6. The average molecular weight is 506 g/mol. The highest BCUT2D eigenvalue weighted by Gasteiger charge is 2.45. The summed E-state index contributed by atoms with van der Waals surface area (Å²) in [5.74, 6) is 0.515. The van der Waals surface area contributed by atoms with Crippen molar-refractivity contribution in [3.63, 3.8) is 0 Å². The fourth-order valence-electron chi connectivity index (χ4n) is 5.99. The maximum Gasteiger partial charge on any atom is 0.408 e. The summed E-state index contributed by atoms with van der Waals surface area (Å²) in [4.78, 5) is 12.4. The van der Waals surface area contributed by atoms with Crippen LogP contribution < -0.4 is 4.74 Å². The first-order valence-electron chi connectivity index (χ1n) is 13.1. The zero-order valence-corrected chi connectivity index (χ0v) is 21.5. The van der Waals surface area contributed by atoms with Crippen molar-refractivity contribution in [1.82, 2.24) is 4.90 Å². The van der Waals surface area contributed by atoms with Crippen LogP contribution in [0.5, 0.6) is 5.75 Å². The molecule has 1 aliphatic carbocycles. The summed E-state index contributed by atoms with van der Waals surface area (Å²) < 4.78 is 48.8. The largest absolute Gasteiger partial charge is 0.490 e. The third kappa shape index (κ3) is 6.53. The molecule has 0 amide bonds. The quantitative estimate of drug-likeness (QED) is 0.439. The first kappa shape index (κ1) is 26.8. The van der Waals surface area contributed by atoms with Gasteiger partial charge in [-0.3, -0.25) is 9.69 Å². The predicted octanol–water partition coefficient (Wildman–Crippen LogP) is 7.61. The number of ether oxygens (including phenoxy) is 1. The van der Waals surface area contributed by atoms with E-state index in [9.17, 15) is 18.0 Å². The molecule has 7 heteroatoms. The third-order valence-corrected chi connectivity index (χ3v) is 8.14. The number of rotatable bonds is 6. The van der Waals surface area contributed by atoms with Gasteiger partial charge in [-0.25, -0.2) is 0 Å². The smallest absolute Gasteiger partial charge is 0.408 e. The van der Waals surface area contributed by atoms with Gasteiger partial charge in [-0.05, 0) is 103 Å². The van der Waals surface area contributed by atoms with Crippen molar-refractivity contribution in [3.05, 3.63) is 42.0 Å². The number of carboxylic acids is 1. The third-order valence-electron chi connectivity index (χ3n) is 8.14. The molecule has 36 heavy (non-hydrogen) atoms. The summed E-state index contributed by atoms with van der Waals surface area (Å²) in [6.07, 6.45) is 1.06. The molecule has 0 radical (unpaired) electrons. The maximum absolute atomic E-state index is 14.2. The highest BCUT2D eigenvalue weighted by Crippen LogP contribution is 2.42. The van der Waals surface area contributed by atoms with Gasteiger partial charge in [-0.1, -0.05) is 39.0 Å². The molecule has 2 aromatic rings. The Balaban J connectivity index is 1.45. The number of hydrogen-bond acceptors (Lipinski definition) is 3. The average Bonchev–Trinajstić information content (AvgIpc) is 2.79. The zero-order chi connectivity index (χ0) is 26.1. The van der Waals surface area contributed by atoms with Crippen molar-refractivity contribution in [1.29, 1.82) is 0 Å². The second-order valence-electron chi connectivity index (χ2n) is 11.7. The monoisotopic (exact) mass is 505 g/mol. The standard InChI is InChI=1S/C29H38F3NO3/c1-28(2,3)23-7-10-24(11-8-23)36-25-9-6-20-17-22(5-4-21(20)18-25)27(29(30,31)32)33-14-12-19(13-15-33)16-26(34)35/h4-6,9,17-19,23-24,27H,7-8,10-16H2,1-3H3,(H,34,35). The number of fused-ring (bicyclic) bond motifs is 1. The van der Waals surface area contributed by atoms with Gasteiger partial charge in [0.15, 0.2) is 0 Å². The molecule has 0 spiro atoms. The molecule has 1 heterocycles. The lowest BCUT2D eigenvalue weighted by Gasteiger charge is -2.38. The van der Waals surface area contributed by atoms with Gasteiger partial charge in [0.1, 0.15) is 11.8 Å². The Kier molecular flexibility index (Phi) is 7.89. The van der Waals surface area contributed by atoms with Crippen LogP contribution in [-0.4, -0.2) is 41.3 Å². The number of carbonyl (C=O) groups is 1. The molecule has 1 N–H and O–H groups in total. The van der Waals surface area contributed by atoms with Gasteiger partial charge in [0.25, 0.3) is 0 Å². The molecule has 2 aliphatic rings. The number of benzene rings is 2. The van der Waals surface area contributed by atoms with Crippen LogP contribution in [0.4, 0.5) is 13.2 Å². The van der Waals surface area contributed by atoms with Crippen molar-refractivity contribution in [3.8, 4) is 5.75 Å². The van der Waals surface area contributed by atoms with E-state index in [1.807, 2.05) is 18.2 Å². The molecule has 2 aromatic carbocycles. The summed E-state index contributed by atoms with van der Waals surface area (Å²) in [7, 11) is 0. The van der Waals surface area contributed by atoms with E-state index in [0.29, 0.717) is 24.2 Å². The number of alkyl halides is 3. The predicted molar refractivity (Wildman–Crippen MR) is 135 cm³/mol. The topological polar surface area (TPSA) is 49.8 Å². The van der Waals surface area contributed by atoms with E-state index >= 15 is 0 Å². The molecule has 198 valence electrons. The van der Waals surface area contributed by atoms with E-state index in [1.165, 1.54) is 4.90 Å². The minimum absolute atomic E-state index is 0.0168. The summed E-state index contributed by atoms with van der Waals surface area (Å²) in [5, 5.41) is 10.6. The lowest BCUT2D eigenvalue weighted by atomic mass is 9.72. The van der Waals surface area contributed by atoms with Gasteiger partial charge in [0.05, 0.1) is 6.10 Å². The van der Waals surface area contributed by atoms with Crippen LogP contribution in [0.25, 0.3) is 10.8 Å². The number of piperidine rings is 1. The van der Waals surface area contributed by atoms with Gasteiger partial charge in [-0.15, -0.1) is 0 Å². The Bertz CT molecular complexity index is 1050. The molecule has 4 nitrogen and oxygen atoms in total. The molecular formula is C29H38F3NO3. The van der Waals surface area contributed by atoms with Crippen LogP contribution in [-0.2, 0) is 4.79 Å². The SMILES string of the molecule is CC(C)(C)C1CCC(Oc2ccc3cc(C(N4CCC(CC(=O)O)CC4)C(F)(F)F)ccc3c2)CC1. The first-order valence-corrected chi connectivity index (χ1v) is 13.1. The normalized spacial score (nSPS) is 23.5. The van der Waals surface area contributed by atoms with Crippen molar-refractivity contribution >= 4 is 16.7 Å². The van der Waals surface area contributed by atoms with E-state index < -0.39 is 18.2 Å². The van der Waals surface area contributed by atoms with Crippen molar-refractivity contribution in [2.45, 2.75) is 84.0 Å². The first-order chi connectivity index (χ1) is 16.9. The summed E-state index contributed by atoms with van der Waals surface area (Å²) in [5.41, 5.74) is 0.537. The number of hydrogen-bond donors (Lipinski definition) is 1. The van der Waals surface area contributed by atoms with Crippen LogP contribution in [0.1, 0.15) is 77.3 Å². The molecule has 1 atom stereocenters. The number of halogens is 3. The van der Waals surface area contributed by atoms with Crippen molar-refractivity contribution < 1.29 is 27.8 Å². The van der Waals surface area contributed by atoms with E-state index in [0.717, 1.165) is 42.2 Å². The number of carboxylic acid groups (broad SMARTS) is 1. The maximum atomic E-state index is 14.2. The van der Waals surface area contributed by atoms with Gasteiger partial charge in [0.2, 0.25) is 0 Å². The highest BCUT2D eigenvalue weighted by atomic mass is 19.4. The Morgan fingerprint density at radius 1 is 0.972 bits per heavy atom. The Morgan fingerprint density at radius 2 is 1.58 bits per heavy atom. The van der Waals surface area contributed by atoms with Gasteiger partial charge in [0, 0.05) is 6.42 Å². The molecule has 4 rings (SSSR count). The molecule has 1 aliphatic heterocycles. The Morgan fingerprint density at radius 3 is 2.17 bits per heavy atom. The number of nitrogens with zero attached hydrogens (tertiary/aromatic N) is 1. The zero-order valence-electron chi connectivity index (χ0n) is 21.5. The van der Waals surface area contributed by atoms with Crippen LogP contribution in [0.2, 0.25) is 0 Å². The minimum Gasteiger partial charge on any atom is -0.490 e. The summed E-state index contributed by atoms with van der Waals surface area (Å²) in [6.45, 7) is 7.36. The Hall–Kier alpha value is -2.28. The molecule has 0 bridgehead atoms. The summed E-state index contributed by atoms with van der Waals surface area (Å²) in [6, 6.07) is 8.90. The molecule has 1 saturated heterocycles. The van der Waals surface area contributed by atoms with Gasteiger partial charge < -0.3 is 9.84 Å². The van der Waals surface area contributed by atoms with Crippen LogP contribution in [0.15, 0.2) is 36.4 Å². The summed E-state index contributed by atoms with van der Waals surface area (Å²) >= 11 is 0. The highest BCUT2D eigenvalue weighted by molar-refractivity contribution is 5.84. The molecular weight excluding hydrogens is 467 g/mol. The fourth-order valence-corrected chi connectivity index (χ4v) is 5.99. The van der Waals surface area contributed by atoms with E-state index in [4.69, 9.17) is 9.84 Å².